The van der Waals surface area contributed by atoms with Crippen LogP contribution in [0.25, 0.3) is 0 Å². The van der Waals surface area contributed by atoms with E-state index in [9.17, 15) is 9.59 Å². The average Bonchev–Trinajstić information content (AvgIpc) is 2.85. The van der Waals surface area contributed by atoms with Gasteiger partial charge >= 0.3 is 0 Å². The Labute approximate surface area is 139 Å². The summed E-state index contributed by atoms with van der Waals surface area (Å²) >= 11 is 0. The number of carbonyl (C=O) groups is 2. The van der Waals surface area contributed by atoms with Gasteiger partial charge in [0.2, 0.25) is 5.91 Å². The lowest BCUT2D eigenvalue weighted by Crippen LogP contribution is -2.53. The molecule has 3 aliphatic carbocycles. The fraction of sp³-hybridized carbons (Fsp3) is 0.800. The average molecular weight is 315 g/mol. The number of carbonyl (C=O) groups excluding carboxylic acids is 2. The molecular formula is C20H29NO2. The summed E-state index contributed by atoms with van der Waals surface area (Å²) < 4.78 is 0. The number of Topliss-reactive ketones (excluding diaryl/α,β-unsaturated/α-hetero) is 1. The van der Waals surface area contributed by atoms with Crippen LogP contribution in [0.2, 0.25) is 0 Å². The maximum atomic E-state index is 12.1. The summed E-state index contributed by atoms with van der Waals surface area (Å²) in [7, 11) is 0. The molecule has 0 bridgehead atoms. The lowest BCUT2D eigenvalue weighted by Gasteiger charge is -2.57. The van der Waals surface area contributed by atoms with Crippen molar-refractivity contribution in [3.8, 4) is 0 Å². The van der Waals surface area contributed by atoms with Gasteiger partial charge in [0.1, 0.15) is 5.78 Å². The molecule has 1 heterocycles. The third kappa shape index (κ3) is 2.01. The van der Waals surface area contributed by atoms with Gasteiger partial charge in [-0.05, 0) is 68.6 Å². The van der Waals surface area contributed by atoms with Gasteiger partial charge in [-0.2, -0.15) is 0 Å². The van der Waals surface area contributed by atoms with Gasteiger partial charge in [0, 0.05) is 23.5 Å². The molecule has 1 N–H and O–H groups in total. The Hall–Kier alpha value is -1.12. The Balaban J connectivity index is 1.67. The van der Waals surface area contributed by atoms with E-state index in [-0.39, 0.29) is 22.7 Å². The van der Waals surface area contributed by atoms with Crippen molar-refractivity contribution in [1.29, 1.82) is 0 Å². The van der Waals surface area contributed by atoms with Crippen LogP contribution in [0.5, 0.6) is 0 Å². The van der Waals surface area contributed by atoms with E-state index in [0.717, 1.165) is 19.3 Å². The SMILES string of the molecule is CC(=O)[C@H]1CC[C@H]2[C@@H]3CC=C4NC(=O)CC[C@]4(C)C3CC[C@]12C. The Morgan fingerprint density at radius 3 is 2.70 bits per heavy atom. The second-order valence-electron chi connectivity index (χ2n) is 8.98. The first-order valence-corrected chi connectivity index (χ1v) is 9.37. The van der Waals surface area contributed by atoms with E-state index in [1.807, 2.05) is 0 Å². The van der Waals surface area contributed by atoms with Gasteiger partial charge in [-0.15, -0.1) is 0 Å². The van der Waals surface area contributed by atoms with E-state index in [1.54, 1.807) is 6.92 Å². The van der Waals surface area contributed by atoms with Crippen molar-refractivity contribution < 1.29 is 9.59 Å². The Morgan fingerprint density at radius 1 is 1.17 bits per heavy atom. The number of hydrogen-bond acceptors (Lipinski definition) is 2. The maximum Gasteiger partial charge on any atom is 0.224 e. The number of amides is 1. The summed E-state index contributed by atoms with van der Waals surface area (Å²) in [4.78, 5) is 23.9. The number of rotatable bonds is 1. The van der Waals surface area contributed by atoms with Crippen molar-refractivity contribution in [3.63, 3.8) is 0 Å². The molecule has 0 aromatic heterocycles. The molecule has 126 valence electrons. The molecule has 0 radical (unpaired) electrons. The first-order chi connectivity index (χ1) is 10.9. The normalized spacial score (nSPS) is 48.7. The zero-order valence-electron chi connectivity index (χ0n) is 14.7. The van der Waals surface area contributed by atoms with Crippen LogP contribution in [-0.4, -0.2) is 11.7 Å². The number of hydrogen-bond donors (Lipinski definition) is 1. The van der Waals surface area contributed by atoms with Crippen LogP contribution >= 0.6 is 0 Å². The van der Waals surface area contributed by atoms with Gasteiger partial charge in [-0.3, -0.25) is 9.59 Å². The van der Waals surface area contributed by atoms with Crippen LogP contribution in [0.1, 0.15) is 65.7 Å². The summed E-state index contributed by atoms with van der Waals surface area (Å²) in [6.45, 7) is 6.55. The fourth-order valence-electron chi connectivity index (χ4n) is 6.86. The van der Waals surface area contributed by atoms with Crippen molar-refractivity contribution in [3.05, 3.63) is 11.8 Å². The molecule has 1 saturated heterocycles. The minimum absolute atomic E-state index is 0.145. The van der Waals surface area contributed by atoms with Crippen molar-refractivity contribution in [2.75, 3.05) is 0 Å². The molecule has 0 aromatic rings. The first-order valence-electron chi connectivity index (χ1n) is 9.37. The van der Waals surface area contributed by atoms with Crippen LogP contribution in [0.15, 0.2) is 11.8 Å². The highest BCUT2D eigenvalue weighted by molar-refractivity contribution is 5.80. The maximum absolute atomic E-state index is 12.1. The molecule has 4 rings (SSSR count). The van der Waals surface area contributed by atoms with Gasteiger partial charge in [0.05, 0.1) is 0 Å². The molecule has 2 saturated carbocycles. The molecule has 6 atom stereocenters. The smallest absolute Gasteiger partial charge is 0.224 e. The zero-order chi connectivity index (χ0) is 16.4. The molecule has 0 aromatic carbocycles. The summed E-state index contributed by atoms with van der Waals surface area (Å²) in [5.41, 5.74) is 1.55. The van der Waals surface area contributed by atoms with E-state index < -0.39 is 0 Å². The lowest BCUT2D eigenvalue weighted by molar-refractivity contribution is -0.129. The van der Waals surface area contributed by atoms with Gasteiger partial charge in [0.15, 0.2) is 0 Å². The minimum atomic E-state index is 0.145. The highest BCUT2D eigenvalue weighted by atomic mass is 16.1. The predicted molar refractivity (Wildman–Crippen MR) is 89.4 cm³/mol. The molecular weight excluding hydrogens is 286 g/mol. The molecule has 1 amide bonds. The Morgan fingerprint density at radius 2 is 1.96 bits per heavy atom. The van der Waals surface area contributed by atoms with Gasteiger partial charge in [0.25, 0.3) is 0 Å². The third-order valence-electron chi connectivity index (χ3n) is 8.10. The van der Waals surface area contributed by atoms with E-state index >= 15 is 0 Å². The van der Waals surface area contributed by atoms with Crippen LogP contribution in [0.3, 0.4) is 0 Å². The van der Waals surface area contributed by atoms with Crippen molar-refractivity contribution in [2.24, 2.45) is 34.5 Å². The van der Waals surface area contributed by atoms with Crippen molar-refractivity contribution in [1.82, 2.24) is 5.32 Å². The summed E-state index contributed by atoms with van der Waals surface area (Å²) in [6, 6.07) is 0. The van der Waals surface area contributed by atoms with Crippen molar-refractivity contribution in [2.45, 2.75) is 65.7 Å². The second kappa shape index (κ2) is 4.94. The van der Waals surface area contributed by atoms with E-state index in [1.165, 1.54) is 25.0 Å². The minimum Gasteiger partial charge on any atom is -0.330 e. The number of ketones is 1. The van der Waals surface area contributed by atoms with Crippen LogP contribution < -0.4 is 5.32 Å². The topological polar surface area (TPSA) is 46.2 Å². The van der Waals surface area contributed by atoms with E-state index in [2.05, 4.69) is 25.2 Å². The molecule has 3 fully saturated rings. The Kier molecular flexibility index (Phi) is 3.31. The molecule has 0 spiro atoms. The second-order valence-corrected chi connectivity index (χ2v) is 8.98. The highest BCUT2D eigenvalue weighted by Crippen LogP contribution is 2.65. The number of nitrogens with one attached hydrogen (secondary N) is 1. The molecule has 3 nitrogen and oxygen atoms in total. The molecule has 4 aliphatic rings. The highest BCUT2D eigenvalue weighted by Gasteiger charge is 2.59. The predicted octanol–water partition coefficient (Wildman–Crippen LogP) is 3.84. The quantitative estimate of drug-likeness (QED) is 0.799. The number of fused-ring (bicyclic) bond motifs is 5. The standard InChI is InChI=1S/C20H29NO2/c1-12(22)14-5-6-15-13-4-7-17-20(3,11-9-18(23)21-17)16(13)8-10-19(14,15)2/h7,13-16H,4-6,8-11H2,1-3H3,(H,21,23)/t13-,14+,15-,16?,19+,20+/m0/s1. The molecule has 23 heavy (non-hydrogen) atoms. The van der Waals surface area contributed by atoms with Gasteiger partial charge in [-0.1, -0.05) is 19.9 Å². The Bertz CT molecular complexity index is 594. The third-order valence-corrected chi connectivity index (χ3v) is 8.10. The monoisotopic (exact) mass is 315 g/mol. The number of piperidine rings is 1. The van der Waals surface area contributed by atoms with E-state index in [0.29, 0.717) is 30.0 Å². The molecule has 1 unspecified atom stereocenters. The zero-order valence-corrected chi connectivity index (χ0v) is 14.7. The number of allylic oxidation sites excluding steroid dienone is 2. The van der Waals surface area contributed by atoms with Gasteiger partial charge < -0.3 is 5.32 Å². The van der Waals surface area contributed by atoms with Crippen molar-refractivity contribution >= 4 is 11.7 Å². The summed E-state index contributed by atoms with van der Waals surface area (Å²) in [5.74, 6) is 2.91. The summed E-state index contributed by atoms with van der Waals surface area (Å²) in [5, 5.41) is 3.16. The first kappa shape index (κ1) is 15.4. The fourth-order valence-corrected chi connectivity index (χ4v) is 6.86. The molecule has 3 heteroatoms. The largest absolute Gasteiger partial charge is 0.330 e. The lowest BCUT2D eigenvalue weighted by atomic mass is 9.49. The van der Waals surface area contributed by atoms with E-state index in [4.69, 9.17) is 0 Å². The molecule has 1 aliphatic heterocycles. The summed E-state index contributed by atoms with van der Waals surface area (Å²) in [6.07, 6.45) is 9.74. The van der Waals surface area contributed by atoms with Crippen LogP contribution in [0.4, 0.5) is 0 Å². The van der Waals surface area contributed by atoms with Gasteiger partial charge in [-0.25, -0.2) is 0 Å². The van der Waals surface area contributed by atoms with Crippen LogP contribution in [0, 0.1) is 34.5 Å². The van der Waals surface area contributed by atoms with Crippen LogP contribution in [-0.2, 0) is 9.59 Å².